The number of nitrogens with zero attached hydrogens (tertiary/aromatic N) is 2. The minimum atomic E-state index is -3.18. The number of sulfonamides is 1. The summed E-state index contributed by atoms with van der Waals surface area (Å²) in [5.74, 6) is -0.338. The summed E-state index contributed by atoms with van der Waals surface area (Å²) < 4.78 is 25.9. The van der Waals surface area contributed by atoms with Crippen LogP contribution in [-0.2, 0) is 26.0 Å². The van der Waals surface area contributed by atoms with E-state index in [1.54, 1.807) is 4.90 Å². The van der Waals surface area contributed by atoms with E-state index in [4.69, 9.17) is 0 Å². The van der Waals surface area contributed by atoms with Gasteiger partial charge in [-0.3, -0.25) is 9.59 Å². The summed E-state index contributed by atoms with van der Waals surface area (Å²) in [5.41, 5.74) is 2.04. The third-order valence-corrected chi connectivity index (χ3v) is 7.88. The maximum absolute atomic E-state index is 12.7. The van der Waals surface area contributed by atoms with Crippen molar-refractivity contribution in [2.45, 2.75) is 52.0 Å². The average molecular weight is 422 g/mol. The highest BCUT2D eigenvalue weighted by atomic mass is 32.2. The molecule has 2 fully saturated rings. The van der Waals surface area contributed by atoms with Crippen molar-refractivity contribution in [3.8, 4) is 0 Å². The van der Waals surface area contributed by atoms with Crippen LogP contribution in [0.15, 0.2) is 24.3 Å². The molecule has 1 aromatic carbocycles. The summed E-state index contributed by atoms with van der Waals surface area (Å²) in [5, 5.41) is 3.04. The molecule has 3 rings (SSSR count). The number of carbonyl (C=O) groups is 2. The molecule has 2 amide bonds. The maximum atomic E-state index is 12.7. The molecule has 2 aliphatic rings. The molecule has 1 unspecified atom stereocenters. The fourth-order valence-electron chi connectivity index (χ4n) is 4.03. The molecule has 0 bridgehead atoms. The lowest BCUT2D eigenvalue weighted by Gasteiger charge is -2.32. The molecule has 1 aromatic rings. The van der Waals surface area contributed by atoms with Crippen LogP contribution in [0.25, 0.3) is 0 Å². The molecule has 2 saturated heterocycles. The van der Waals surface area contributed by atoms with Crippen molar-refractivity contribution in [1.29, 1.82) is 0 Å². The smallest absolute Gasteiger partial charge is 0.227 e. The molecule has 0 saturated carbocycles. The van der Waals surface area contributed by atoms with Gasteiger partial charge in [-0.25, -0.2) is 12.7 Å². The summed E-state index contributed by atoms with van der Waals surface area (Å²) in [6.45, 7) is 5.20. The largest absolute Gasteiger partial charge is 0.353 e. The molecule has 0 spiro atoms. The fraction of sp³-hybridized carbons (Fsp3) is 0.619. The van der Waals surface area contributed by atoms with Crippen LogP contribution >= 0.6 is 0 Å². The third-order valence-electron chi connectivity index (χ3n) is 5.81. The number of hydrogen-bond acceptors (Lipinski definition) is 4. The lowest BCUT2D eigenvalue weighted by molar-refractivity contribution is -0.127. The topological polar surface area (TPSA) is 86.8 Å². The number of benzene rings is 1. The van der Waals surface area contributed by atoms with Gasteiger partial charge in [-0.1, -0.05) is 26.0 Å². The Labute approximate surface area is 173 Å². The number of amides is 2. The van der Waals surface area contributed by atoms with Gasteiger partial charge in [-0.05, 0) is 43.4 Å². The van der Waals surface area contributed by atoms with Gasteiger partial charge in [0.15, 0.2) is 0 Å². The van der Waals surface area contributed by atoms with Gasteiger partial charge in [0.1, 0.15) is 0 Å². The van der Waals surface area contributed by atoms with Gasteiger partial charge in [0.25, 0.3) is 0 Å². The van der Waals surface area contributed by atoms with E-state index in [1.807, 2.05) is 31.2 Å². The van der Waals surface area contributed by atoms with E-state index in [0.29, 0.717) is 38.9 Å². The highest BCUT2D eigenvalue weighted by Crippen LogP contribution is 2.26. The van der Waals surface area contributed by atoms with E-state index in [-0.39, 0.29) is 35.9 Å². The molecular formula is C21H31N3O4S. The molecule has 1 N–H and O–H groups in total. The Balaban J connectivity index is 1.52. The normalized spacial score (nSPS) is 21.5. The molecule has 29 heavy (non-hydrogen) atoms. The van der Waals surface area contributed by atoms with Gasteiger partial charge < -0.3 is 10.2 Å². The molecule has 8 heteroatoms. The number of anilines is 1. The van der Waals surface area contributed by atoms with Crippen LogP contribution < -0.4 is 10.2 Å². The number of rotatable bonds is 7. The molecule has 2 aliphatic heterocycles. The van der Waals surface area contributed by atoms with E-state index >= 15 is 0 Å². The molecule has 1 atom stereocenters. The van der Waals surface area contributed by atoms with Crippen LogP contribution in [0, 0.1) is 5.92 Å². The Hall–Kier alpha value is -1.93. The second-order valence-corrected chi connectivity index (χ2v) is 10.0. The van der Waals surface area contributed by atoms with Crippen LogP contribution in [0.2, 0.25) is 0 Å². The molecule has 0 radical (unpaired) electrons. The fourth-order valence-corrected chi connectivity index (χ4v) is 5.57. The van der Waals surface area contributed by atoms with Crippen molar-refractivity contribution in [2.24, 2.45) is 5.92 Å². The SMILES string of the molecule is CCCS(=O)(=O)N1CCC(NC(=O)C2CC(=O)N(c3ccc(CC)cc3)C2)CC1. The highest BCUT2D eigenvalue weighted by Gasteiger charge is 2.36. The molecule has 0 aliphatic carbocycles. The van der Waals surface area contributed by atoms with Crippen LogP contribution in [0.5, 0.6) is 0 Å². The monoisotopic (exact) mass is 421 g/mol. The quantitative estimate of drug-likeness (QED) is 0.729. The second kappa shape index (κ2) is 9.26. The van der Waals surface area contributed by atoms with Crippen molar-refractivity contribution in [1.82, 2.24) is 9.62 Å². The Morgan fingerprint density at radius 3 is 2.38 bits per heavy atom. The van der Waals surface area contributed by atoms with E-state index in [0.717, 1.165) is 12.1 Å². The van der Waals surface area contributed by atoms with Crippen molar-refractivity contribution in [3.05, 3.63) is 29.8 Å². The van der Waals surface area contributed by atoms with E-state index < -0.39 is 10.0 Å². The molecule has 2 heterocycles. The van der Waals surface area contributed by atoms with Gasteiger partial charge >= 0.3 is 0 Å². The number of hydrogen-bond donors (Lipinski definition) is 1. The number of aryl methyl sites for hydroxylation is 1. The Morgan fingerprint density at radius 1 is 1.14 bits per heavy atom. The first kappa shape index (κ1) is 21.8. The van der Waals surface area contributed by atoms with Gasteiger partial charge in [-0.2, -0.15) is 0 Å². The first-order valence-electron chi connectivity index (χ1n) is 10.5. The first-order valence-corrected chi connectivity index (χ1v) is 12.1. The van der Waals surface area contributed by atoms with Crippen molar-refractivity contribution in [3.63, 3.8) is 0 Å². The van der Waals surface area contributed by atoms with Crippen LogP contribution in [0.3, 0.4) is 0 Å². The van der Waals surface area contributed by atoms with Crippen LogP contribution in [0.1, 0.15) is 45.1 Å². The third kappa shape index (κ3) is 5.17. The minimum absolute atomic E-state index is 0.0325. The predicted molar refractivity (Wildman–Crippen MR) is 113 cm³/mol. The van der Waals surface area contributed by atoms with E-state index in [1.165, 1.54) is 9.87 Å². The molecule has 160 valence electrons. The zero-order chi connectivity index (χ0) is 21.0. The standard InChI is InChI=1S/C21H31N3O4S/c1-3-13-29(27,28)23-11-9-18(10-12-23)22-21(26)17-14-20(25)24(15-17)19-7-5-16(4-2)6-8-19/h5-8,17-18H,3-4,9-15H2,1-2H3,(H,22,26). The van der Waals surface area contributed by atoms with Crippen LogP contribution in [0.4, 0.5) is 5.69 Å². The zero-order valence-corrected chi connectivity index (χ0v) is 18.1. The molecule has 7 nitrogen and oxygen atoms in total. The highest BCUT2D eigenvalue weighted by molar-refractivity contribution is 7.89. The Bertz CT molecular complexity index is 830. The first-order chi connectivity index (χ1) is 13.8. The molecule has 0 aromatic heterocycles. The lowest BCUT2D eigenvalue weighted by Crippen LogP contribution is -2.48. The number of piperidine rings is 1. The number of nitrogens with one attached hydrogen (secondary N) is 1. The lowest BCUT2D eigenvalue weighted by atomic mass is 10.0. The summed E-state index contributed by atoms with van der Waals surface area (Å²) in [7, 11) is -3.18. The van der Waals surface area contributed by atoms with Gasteiger partial charge in [0, 0.05) is 37.8 Å². The van der Waals surface area contributed by atoms with Crippen LogP contribution in [-0.4, -0.2) is 56.0 Å². The summed E-state index contributed by atoms with van der Waals surface area (Å²) in [6, 6.07) is 7.85. The van der Waals surface area contributed by atoms with Crippen molar-refractivity contribution >= 4 is 27.5 Å². The van der Waals surface area contributed by atoms with Crippen molar-refractivity contribution in [2.75, 3.05) is 30.3 Å². The summed E-state index contributed by atoms with van der Waals surface area (Å²) in [4.78, 5) is 26.8. The summed E-state index contributed by atoms with van der Waals surface area (Å²) in [6.07, 6.45) is 2.98. The van der Waals surface area contributed by atoms with Gasteiger partial charge in [-0.15, -0.1) is 0 Å². The van der Waals surface area contributed by atoms with Gasteiger partial charge in [0.2, 0.25) is 21.8 Å². The van der Waals surface area contributed by atoms with Gasteiger partial charge in [0.05, 0.1) is 11.7 Å². The number of carbonyl (C=O) groups excluding carboxylic acids is 2. The predicted octanol–water partition coefficient (Wildman–Crippen LogP) is 1.92. The average Bonchev–Trinajstić information content (AvgIpc) is 3.10. The Kier molecular flexibility index (Phi) is 6.95. The maximum Gasteiger partial charge on any atom is 0.227 e. The van der Waals surface area contributed by atoms with Crippen molar-refractivity contribution < 1.29 is 18.0 Å². The zero-order valence-electron chi connectivity index (χ0n) is 17.3. The minimum Gasteiger partial charge on any atom is -0.353 e. The Morgan fingerprint density at radius 2 is 1.79 bits per heavy atom. The van der Waals surface area contributed by atoms with E-state index in [9.17, 15) is 18.0 Å². The second-order valence-electron chi connectivity index (χ2n) is 7.92. The van der Waals surface area contributed by atoms with E-state index in [2.05, 4.69) is 12.2 Å². The molecular weight excluding hydrogens is 390 g/mol. The summed E-state index contributed by atoms with van der Waals surface area (Å²) >= 11 is 0.